The van der Waals surface area contributed by atoms with Crippen LogP contribution in [0.2, 0.25) is 0 Å². The lowest BCUT2D eigenvalue weighted by atomic mass is 10.2. The molecule has 1 aromatic heterocycles. The largest absolute Gasteiger partial charge is 0.368 e. The summed E-state index contributed by atoms with van der Waals surface area (Å²) in [6, 6.07) is 7.12. The van der Waals surface area contributed by atoms with Crippen molar-refractivity contribution >= 4 is 28.6 Å². The molecule has 0 aliphatic carbocycles. The number of rotatable bonds is 5. The fraction of sp³-hybridized carbons (Fsp3) is 0.308. The summed E-state index contributed by atoms with van der Waals surface area (Å²) in [5, 5.41) is 6.94. The fourth-order valence-electron chi connectivity index (χ4n) is 1.70. The number of carbonyl (C=O) groups is 1. The zero-order valence-electron chi connectivity index (χ0n) is 11.0. The van der Waals surface area contributed by atoms with Crippen molar-refractivity contribution in [3.8, 4) is 0 Å². The van der Waals surface area contributed by atoms with Gasteiger partial charge in [-0.25, -0.2) is 4.98 Å². The molecule has 6 heteroatoms. The van der Waals surface area contributed by atoms with Gasteiger partial charge in [-0.05, 0) is 26.0 Å². The van der Waals surface area contributed by atoms with E-state index < -0.39 is 11.9 Å². The van der Waals surface area contributed by atoms with E-state index in [-0.39, 0.29) is 0 Å². The quantitative estimate of drug-likeness (QED) is 0.753. The summed E-state index contributed by atoms with van der Waals surface area (Å²) in [7, 11) is 0. The third-order valence-electron chi connectivity index (χ3n) is 2.72. The van der Waals surface area contributed by atoms with Gasteiger partial charge in [-0.2, -0.15) is 4.98 Å². The minimum Gasteiger partial charge on any atom is -0.368 e. The molecule has 0 aliphatic rings. The fourth-order valence-corrected chi connectivity index (χ4v) is 1.70. The third kappa shape index (κ3) is 2.90. The first-order valence-corrected chi connectivity index (χ1v) is 6.18. The van der Waals surface area contributed by atoms with Gasteiger partial charge in [-0.1, -0.05) is 12.1 Å². The first kappa shape index (κ1) is 13.1. The smallest absolute Gasteiger partial charge is 0.239 e. The van der Waals surface area contributed by atoms with Gasteiger partial charge in [-0.15, -0.1) is 0 Å². The number of fused-ring (bicyclic) bond motifs is 1. The second kappa shape index (κ2) is 5.51. The molecule has 100 valence electrons. The highest BCUT2D eigenvalue weighted by molar-refractivity contribution is 5.92. The maximum Gasteiger partial charge on any atom is 0.239 e. The number of aromatic nitrogens is 2. The average molecular weight is 259 g/mol. The molecule has 0 saturated heterocycles. The molecule has 1 atom stereocenters. The van der Waals surface area contributed by atoms with E-state index in [1.165, 1.54) is 0 Å². The van der Waals surface area contributed by atoms with E-state index in [2.05, 4.69) is 20.6 Å². The van der Waals surface area contributed by atoms with Gasteiger partial charge in [0.25, 0.3) is 0 Å². The molecule has 2 aromatic rings. The van der Waals surface area contributed by atoms with Crippen molar-refractivity contribution in [3.63, 3.8) is 0 Å². The van der Waals surface area contributed by atoms with Crippen LogP contribution in [0.15, 0.2) is 24.3 Å². The highest BCUT2D eigenvalue weighted by Gasteiger charge is 2.12. The molecule has 0 fully saturated rings. The molecule has 1 heterocycles. The van der Waals surface area contributed by atoms with Crippen LogP contribution in [0.3, 0.4) is 0 Å². The number of amides is 1. The molecule has 6 nitrogen and oxygen atoms in total. The van der Waals surface area contributed by atoms with Crippen molar-refractivity contribution in [3.05, 3.63) is 24.3 Å². The van der Waals surface area contributed by atoms with Gasteiger partial charge < -0.3 is 16.4 Å². The summed E-state index contributed by atoms with van der Waals surface area (Å²) >= 11 is 0. The summed E-state index contributed by atoms with van der Waals surface area (Å²) in [4.78, 5) is 19.9. The summed E-state index contributed by atoms with van der Waals surface area (Å²) in [5.74, 6) is 0.709. The standard InChI is InChI=1S/C13H17N5O/c1-3-15-13-17-10-7-5-4-6-9(10)12(18-13)16-8(2)11(14)19/h4-8H,3H2,1-2H3,(H2,14,19)(H2,15,16,17,18). The molecular weight excluding hydrogens is 242 g/mol. The van der Waals surface area contributed by atoms with Gasteiger partial charge in [0, 0.05) is 11.9 Å². The van der Waals surface area contributed by atoms with E-state index >= 15 is 0 Å². The lowest BCUT2D eigenvalue weighted by Crippen LogP contribution is -2.32. The molecule has 0 saturated carbocycles. The minimum absolute atomic E-state index is 0.423. The zero-order chi connectivity index (χ0) is 13.8. The van der Waals surface area contributed by atoms with Crippen LogP contribution in [0.1, 0.15) is 13.8 Å². The maximum atomic E-state index is 11.2. The second-order valence-electron chi connectivity index (χ2n) is 4.21. The predicted octanol–water partition coefficient (Wildman–Crippen LogP) is 1.35. The Labute approximate surface area is 111 Å². The van der Waals surface area contributed by atoms with E-state index in [0.29, 0.717) is 11.8 Å². The van der Waals surface area contributed by atoms with Crippen LogP contribution in [0.25, 0.3) is 10.9 Å². The number of primary amides is 1. The normalized spacial score (nSPS) is 12.1. The van der Waals surface area contributed by atoms with E-state index in [1.807, 2.05) is 31.2 Å². The summed E-state index contributed by atoms with van der Waals surface area (Å²) in [5.41, 5.74) is 6.08. The van der Waals surface area contributed by atoms with E-state index in [1.54, 1.807) is 6.92 Å². The number of benzene rings is 1. The summed E-state index contributed by atoms with van der Waals surface area (Å²) < 4.78 is 0. The van der Waals surface area contributed by atoms with Crippen molar-refractivity contribution in [2.75, 3.05) is 17.2 Å². The van der Waals surface area contributed by atoms with E-state index in [9.17, 15) is 4.79 Å². The number of hydrogen-bond donors (Lipinski definition) is 3. The van der Waals surface area contributed by atoms with Crippen molar-refractivity contribution in [2.45, 2.75) is 19.9 Å². The van der Waals surface area contributed by atoms with Crippen molar-refractivity contribution < 1.29 is 4.79 Å². The van der Waals surface area contributed by atoms with Crippen LogP contribution >= 0.6 is 0 Å². The molecule has 0 bridgehead atoms. The van der Waals surface area contributed by atoms with Gasteiger partial charge in [0.15, 0.2) is 0 Å². The van der Waals surface area contributed by atoms with Crippen LogP contribution in [0, 0.1) is 0 Å². The van der Waals surface area contributed by atoms with Gasteiger partial charge in [0.05, 0.1) is 5.52 Å². The number of hydrogen-bond acceptors (Lipinski definition) is 5. The Morgan fingerprint density at radius 1 is 1.37 bits per heavy atom. The Hall–Kier alpha value is -2.37. The van der Waals surface area contributed by atoms with Crippen molar-refractivity contribution in [1.82, 2.24) is 9.97 Å². The van der Waals surface area contributed by atoms with Crippen LogP contribution in [-0.2, 0) is 4.79 Å². The van der Waals surface area contributed by atoms with Gasteiger partial charge in [-0.3, -0.25) is 4.79 Å². The monoisotopic (exact) mass is 259 g/mol. The highest BCUT2D eigenvalue weighted by atomic mass is 16.1. The molecule has 0 spiro atoms. The number of anilines is 2. The molecule has 19 heavy (non-hydrogen) atoms. The number of nitrogens with two attached hydrogens (primary N) is 1. The Bertz CT molecular complexity index is 599. The summed E-state index contributed by atoms with van der Waals surface area (Å²) in [6.07, 6.45) is 0. The maximum absolute atomic E-state index is 11.2. The first-order chi connectivity index (χ1) is 9.11. The number of nitrogens with zero attached hydrogens (tertiary/aromatic N) is 2. The number of para-hydroxylation sites is 1. The summed E-state index contributed by atoms with van der Waals surface area (Å²) in [6.45, 7) is 4.40. The average Bonchev–Trinajstić information content (AvgIpc) is 2.39. The zero-order valence-corrected chi connectivity index (χ0v) is 11.0. The van der Waals surface area contributed by atoms with E-state index in [0.717, 1.165) is 17.4 Å². The third-order valence-corrected chi connectivity index (χ3v) is 2.72. The Morgan fingerprint density at radius 3 is 2.79 bits per heavy atom. The Kier molecular flexibility index (Phi) is 3.79. The number of carbonyl (C=O) groups excluding carboxylic acids is 1. The molecule has 2 rings (SSSR count). The molecule has 0 aliphatic heterocycles. The molecule has 0 radical (unpaired) electrons. The van der Waals surface area contributed by atoms with Crippen LogP contribution < -0.4 is 16.4 Å². The molecule has 1 aromatic carbocycles. The van der Waals surface area contributed by atoms with Gasteiger partial charge >= 0.3 is 0 Å². The number of nitrogens with one attached hydrogen (secondary N) is 2. The van der Waals surface area contributed by atoms with Crippen LogP contribution in [-0.4, -0.2) is 28.5 Å². The van der Waals surface area contributed by atoms with Crippen molar-refractivity contribution in [1.29, 1.82) is 0 Å². The van der Waals surface area contributed by atoms with Crippen LogP contribution in [0.4, 0.5) is 11.8 Å². The SMILES string of the molecule is CCNc1nc(NC(C)C(N)=O)c2ccccc2n1. The lowest BCUT2D eigenvalue weighted by Gasteiger charge is -2.14. The van der Waals surface area contributed by atoms with E-state index in [4.69, 9.17) is 5.73 Å². The highest BCUT2D eigenvalue weighted by Crippen LogP contribution is 2.22. The van der Waals surface area contributed by atoms with Gasteiger partial charge in [0.1, 0.15) is 11.9 Å². The Morgan fingerprint density at radius 2 is 2.11 bits per heavy atom. The molecule has 1 amide bonds. The van der Waals surface area contributed by atoms with Crippen molar-refractivity contribution in [2.24, 2.45) is 5.73 Å². The molecule has 1 unspecified atom stereocenters. The minimum atomic E-state index is -0.493. The first-order valence-electron chi connectivity index (χ1n) is 6.18. The molecular formula is C13H17N5O. The second-order valence-corrected chi connectivity index (χ2v) is 4.21. The predicted molar refractivity (Wildman–Crippen MR) is 76.0 cm³/mol. The molecule has 4 N–H and O–H groups in total. The Balaban J connectivity index is 2.46. The topological polar surface area (TPSA) is 92.9 Å². The van der Waals surface area contributed by atoms with Gasteiger partial charge in [0.2, 0.25) is 11.9 Å². The lowest BCUT2D eigenvalue weighted by molar-refractivity contribution is -0.118. The van der Waals surface area contributed by atoms with Crippen LogP contribution in [0.5, 0.6) is 0 Å².